The minimum atomic E-state index is -1.04. The third kappa shape index (κ3) is 4.71. The van der Waals surface area contributed by atoms with Gasteiger partial charge in [0.2, 0.25) is 5.12 Å². The first-order chi connectivity index (χ1) is 11.0. The van der Waals surface area contributed by atoms with Crippen molar-refractivity contribution in [3.05, 3.63) is 71.3 Å². The van der Waals surface area contributed by atoms with Crippen molar-refractivity contribution < 1.29 is 14.7 Å². The van der Waals surface area contributed by atoms with Gasteiger partial charge >= 0.3 is 5.97 Å². The molecule has 118 valence electrons. The number of hydrogen-bond donors (Lipinski definition) is 1. The second-order valence-electron chi connectivity index (χ2n) is 4.78. The Bertz CT molecular complexity index is 721. The van der Waals surface area contributed by atoms with Crippen molar-refractivity contribution in [1.29, 1.82) is 0 Å². The van der Waals surface area contributed by atoms with Crippen LogP contribution in [0.15, 0.2) is 60.7 Å². The van der Waals surface area contributed by atoms with Gasteiger partial charge < -0.3 is 5.11 Å². The molecular formula is C18H15ClO3S. The van der Waals surface area contributed by atoms with Crippen LogP contribution >= 0.6 is 23.4 Å². The monoisotopic (exact) mass is 346 g/mol. The van der Waals surface area contributed by atoms with Gasteiger partial charge in [0.05, 0.1) is 0 Å². The van der Waals surface area contributed by atoms with Gasteiger partial charge in [0.15, 0.2) is 0 Å². The zero-order valence-electron chi connectivity index (χ0n) is 12.4. The fourth-order valence-electron chi connectivity index (χ4n) is 2.05. The van der Waals surface area contributed by atoms with Gasteiger partial charge in [0.1, 0.15) is 5.25 Å². The maximum absolute atomic E-state index is 11.7. The number of allylic oxidation sites excluding steroid dienone is 1. The molecule has 2 aromatic rings. The van der Waals surface area contributed by atoms with E-state index in [0.29, 0.717) is 10.6 Å². The van der Waals surface area contributed by atoms with E-state index in [-0.39, 0.29) is 5.12 Å². The molecule has 2 aromatic carbocycles. The third-order valence-electron chi connectivity index (χ3n) is 3.15. The number of carbonyl (C=O) groups is 2. The molecule has 3 nitrogen and oxygen atoms in total. The number of halogens is 1. The highest BCUT2D eigenvalue weighted by Crippen LogP contribution is 2.32. The van der Waals surface area contributed by atoms with Crippen molar-refractivity contribution in [3.63, 3.8) is 0 Å². The minimum Gasteiger partial charge on any atom is -0.480 e. The van der Waals surface area contributed by atoms with Crippen molar-refractivity contribution in [3.8, 4) is 11.1 Å². The number of carboxylic acid groups (broad SMARTS) is 1. The fourth-order valence-corrected chi connectivity index (χ4v) is 3.01. The first-order valence-electron chi connectivity index (χ1n) is 6.93. The average Bonchev–Trinajstić information content (AvgIpc) is 2.54. The summed E-state index contributed by atoms with van der Waals surface area (Å²) in [6.07, 6.45) is 2.96. The molecule has 0 aliphatic rings. The Morgan fingerprint density at radius 3 is 2.04 bits per heavy atom. The Morgan fingerprint density at radius 2 is 1.57 bits per heavy atom. The van der Waals surface area contributed by atoms with Crippen LogP contribution in [-0.4, -0.2) is 16.2 Å². The Morgan fingerprint density at radius 1 is 1.04 bits per heavy atom. The zero-order chi connectivity index (χ0) is 16.8. The average molecular weight is 347 g/mol. The number of rotatable bonds is 5. The van der Waals surface area contributed by atoms with Crippen LogP contribution in [0.4, 0.5) is 0 Å². The summed E-state index contributed by atoms with van der Waals surface area (Å²) >= 11 is 6.66. The second kappa shape index (κ2) is 7.99. The van der Waals surface area contributed by atoms with Gasteiger partial charge in [0.25, 0.3) is 0 Å². The Hall–Kier alpha value is -2.04. The predicted molar refractivity (Wildman–Crippen MR) is 94.7 cm³/mol. The topological polar surface area (TPSA) is 54.4 Å². The molecule has 2 rings (SSSR count). The lowest BCUT2D eigenvalue weighted by Crippen LogP contribution is -2.10. The number of carboxylic acids is 1. The largest absolute Gasteiger partial charge is 0.480 e. The Labute approximate surface area is 144 Å². The number of thioether (sulfide) groups is 1. The summed E-state index contributed by atoms with van der Waals surface area (Å²) in [6.45, 7) is 1.72. The molecule has 1 N–H and O–H groups in total. The lowest BCUT2D eigenvalue weighted by molar-refractivity contribution is -0.136. The van der Waals surface area contributed by atoms with E-state index in [4.69, 9.17) is 11.6 Å². The SMILES string of the molecule is CC=CC(=O)SC(C(=O)O)c1ccc(-c2ccc(Cl)cc2)cc1. The predicted octanol–water partition coefficient (Wildman–Crippen LogP) is 4.97. The molecule has 23 heavy (non-hydrogen) atoms. The summed E-state index contributed by atoms with van der Waals surface area (Å²) in [5.74, 6) is -1.04. The van der Waals surface area contributed by atoms with Crippen molar-refractivity contribution in [1.82, 2.24) is 0 Å². The standard InChI is InChI=1S/C18H15ClO3S/c1-2-3-16(20)23-17(18(21)22)14-6-4-12(5-7-14)13-8-10-15(19)11-9-13/h2-11,17H,1H3,(H,21,22). The van der Waals surface area contributed by atoms with Crippen LogP contribution in [-0.2, 0) is 9.59 Å². The quantitative estimate of drug-likeness (QED) is 0.777. The molecule has 0 aliphatic heterocycles. The van der Waals surface area contributed by atoms with Crippen molar-refractivity contribution >= 4 is 34.4 Å². The van der Waals surface area contributed by atoms with E-state index in [9.17, 15) is 14.7 Å². The first-order valence-corrected chi connectivity index (χ1v) is 8.19. The smallest absolute Gasteiger partial charge is 0.321 e. The van der Waals surface area contributed by atoms with E-state index in [1.54, 1.807) is 37.3 Å². The van der Waals surface area contributed by atoms with Crippen LogP contribution < -0.4 is 0 Å². The number of hydrogen-bond acceptors (Lipinski definition) is 3. The highest BCUT2D eigenvalue weighted by molar-refractivity contribution is 8.14. The molecule has 0 fully saturated rings. The second-order valence-corrected chi connectivity index (χ2v) is 6.33. The van der Waals surface area contributed by atoms with E-state index in [1.165, 1.54) is 6.08 Å². The molecule has 0 amide bonds. The van der Waals surface area contributed by atoms with Gasteiger partial charge in [-0.2, -0.15) is 0 Å². The van der Waals surface area contributed by atoms with Crippen molar-refractivity contribution in [2.24, 2.45) is 0 Å². The molecule has 0 heterocycles. The number of carbonyl (C=O) groups excluding carboxylic acids is 1. The van der Waals surface area contributed by atoms with Crippen LogP contribution in [0.2, 0.25) is 5.02 Å². The highest BCUT2D eigenvalue weighted by Gasteiger charge is 2.23. The molecule has 1 atom stereocenters. The number of benzene rings is 2. The summed E-state index contributed by atoms with van der Waals surface area (Å²) in [6, 6.07) is 14.6. The fraction of sp³-hybridized carbons (Fsp3) is 0.111. The minimum absolute atomic E-state index is 0.276. The molecule has 0 spiro atoms. The normalized spacial score (nSPS) is 12.3. The van der Waals surface area contributed by atoms with E-state index >= 15 is 0 Å². The van der Waals surface area contributed by atoms with E-state index < -0.39 is 11.2 Å². The molecule has 0 saturated heterocycles. The van der Waals surface area contributed by atoms with Gasteiger partial charge in [-0.05, 0) is 41.8 Å². The molecule has 0 bridgehead atoms. The molecule has 1 unspecified atom stereocenters. The van der Waals surface area contributed by atoms with Crippen LogP contribution in [0.3, 0.4) is 0 Å². The third-order valence-corrected chi connectivity index (χ3v) is 4.48. The van der Waals surface area contributed by atoms with E-state index in [1.807, 2.05) is 24.3 Å². The zero-order valence-corrected chi connectivity index (χ0v) is 14.0. The molecule has 0 radical (unpaired) electrons. The van der Waals surface area contributed by atoms with Gasteiger partial charge in [-0.25, -0.2) is 0 Å². The van der Waals surface area contributed by atoms with Crippen LogP contribution in [0.1, 0.15) is 17.7 Å². The molecule has 0 saturated carbocycles. The van der Waals surface area contributed by atoms with Gasteiger partial charge in [-0.15, -0.1) is 0 Å². The Balaban J connectivity index is 2.23. The van der Waals surface area contributed by atoms with Gasteiger partial charge in [0, 0.05) is 5.02 Å². The van der Waals surface area contributed by atoms with Crippen LogP contribution in [0.5, 0.6) is 0 Å². The Kier molecular flexibility index (Phi) is 6.02. The summed E-state index contributed by atoms with van der Waals surface area (Å²) in [5, 5.41) is 8.82. The first kappa shape index (κ1) is 17.3. The van der Waals surface area contributed by atoms with Gasteiger partial charge in [-0.1, -0.05) is 65.8 Å². The maximum atomic E-state index is 11.7. The molecular weight excluding hydrogens is 332 g/mol. The molecule has 0 aromatic heterocycles. The summed E-state index contributed by atoms with van der Waals surface area (Å²) < 4.78 is 0. The lowest BCUT2D eigenvalue weighted by Gasteiger charge is -2.11. The van der Waals surface area contributed by atoms with Crippen LogP contribution in [0.25, 0.3) is 11.1 Å². The van der Waals surface area contributed by atoms with E-state index in [2.05, 4.69) is 0 Å². The van der Waals surface area contributed by atoms with Gasteiger partial charge in [-0.3, -0.25) is 9.59 Å². The van der Waals surface area contributed by atoms with E-state index in [0.717, 1.165) is 22.9 Å². The number of aliphatic carboxylic acids is 1. The summed E-state index contributed by atoms with van der Waals surface area (Å²) in [7, 11) is 0. The van der Waals surface area contributed by atoms with Crippen LogP contribution in [0, 0.1) is 0 Å². The van der Waals surface area contributed by atoms with Crippen molar-refractivity contribution in [2.75, 3.05) is 0 Å². The van der Waals surface area contributed by atoms with Crippen molar-refractivity contribution in [2.45, 2.75) is 12.2 Å². The molecule has 0 aliphatic carbocycles. The highest BCUT2D eigenvalue weighted by atomic mass is 35.5. The maximum Gasteiger partial charge on any atom is 0.321 e. The summed E-state index contributed by atoms with van der Waals surface area (Å²) in [4.78, 5) is 23.1. The lowest BCUT2D eigenvalue weighted by atomic mass is 10.0. The summed E-state index contributed by atoms with van der Waals surface area (Å²) in [5.41, 5.74) is 2.53. The molecule has 5 heteroatoms.